The lowest BCUT2D eigenvalue weighted by Crippen LogP contribution is -2.31. The number of carbonyl (C=O) groups is 1. The molecule has 162 valence electrons. The van der Waals surface area contributed by atoms with Crippen LogP contribution in [0.2, 0.25) is 0 Å². The van der Waals surface area contributed by atoms with Crippen LogP contribution in [0.1, 0.15) is 36.0 Å². The van der Waals surface area contributed by atoms with Crippen LogP contribution in [-0.2, 0) is 21.2 Å². The summed E-state index contributed by atoms with van der Waals surface area (Å²) in [6.07, 6.45) is 2.75. The molecule has 0 heterocycles. The fourth-order valence-electron chi connectivity index (χ4n) is 3.21. The van der Waals surface area contributed by atoms with Gasteiger partial charge in [0.05, 0.1) is 11.4 Å². The number of likely N-dealkylation sites (N-methyl/N-ethyl adjacent to an activating group) is 1. The molecule has 0 aliphatic heterocycles. The number of rotatable bonds is 10. The largest absolute Gasteiger partial charge is 0.492 e. The van der Waals surface area contributed by atoms with Crippen molar-refractivity contribution in [3.05, 3.63) is 59.2 Å². The molecule has 1 fully saturated rings. The van der Waals surface area contributed by atoms with E-state index in [0.717, 1.165) is 35.3 Å². The summed E-state index contributed by atoms with van der Waals surface area (Å²) in [4.78, 5) is 14.3. The first kappa shape index (κ1) is 22.3. The van der Waals surface area contributed by atoms with Crippen molar-refractivity contribution < 1.29 is 17.9 Å². The molecule has 30 heavy (non-hydrogen) atoms. The Hall–Kier alpha value is -2.38. The van der Waals surface area contributed by atoms with Crippen molar-refractivity contribution in [1.29, 1.82) is 0 Å². The highest BCUT2D eigenvalue weighted by molar-refractivity contribution is 7.89. The molecule has 0 saturated heterocycles. The second kappa shape index (κ2) is 9.62. The van der Waals surface area contributed by atoms with Gasteiger partial charge in [-0.3, -0.25) is 4.79 Å². The predicted octanol–water partition coefficient (Wildman–Crippen LogP) is 3.21. The summed E-state index contributed by atoms with van der Waals surface area (Å²) >= 11 is 0. The standard InChI is InChI=1S/C23H30N2O4S/c1-17-14-18(2)16-21(15-17)29-13-12-25(3)23(26)11-6-19-4-9-22(10-5-19)30(27,28)24-20-7-8-20/h4-5,9-10,14-16,20,24H,6-8,11-13H2,1-3H3. The van der Waals surface area contributed by atoms with Gasteiger partial charge in [-0.2, -0.15) is 0 Å². The summed E-state index contributed by atoms with van der Waals surface area (Å²) in [5, 5.41) is 0. The minimum absolute atomic E-state index is 0.0334. The molecular weight excluding hydrogens is 400 g/mol. The fourth-order valence-corrected chi connectivity index (χ4v) is 4.51. The third kappa shape index (κ3) is 6.57. The molecule has 7 heteroatoms. The molecule has 0 bridgehead atoms. The van der Waals surface area contributed by atoms with Crippen LogP contribution in [0.4, 0.5) is 0 Å². The first-order valence-corrected chi connectivity index (χ1v) is 11.8. The van der Waals surface area contributed by atoms with Crippen molar-refractivity contribution in [1.82, 2.24) is 9.62 Å². The highest BCUT2D eigenvalue weighted by Crippen LogP contribution is 2.22. The average Bonchev–Trinajstić information content (AvgIpc) is 3.49. The van der Waals surface area contributed by atoms with Crippen molar-refractivity contribution in [2.45, 2.75) is 50.5 Å². The number of carbonyl (C=O) groups excluding carboxylic acids is 1. The van der Waals surface area contributed by atoms with Gasteiger partial charge in [0.1, 0.15) is 12.4 Å². The van der Waals surface area contributed by atoms with Crippen LogP contribution in [0.25, 0.3) is 0 Å². The maximum Gasteiger partial charge on any atom is 0.240 e. The van der Waals surface area contributed by atoms with Crippen LogP contribution < -0.4 is 9.46 Å². The van der Waals surface area contributed by atoms with Gasteiger partial charge in [0, 0.05) is 19.5 Å². The highest BCUT2D eigenvalue weighted by atomic mass is 32.2. The number of nitrogens with zero attached hydrogens (tertiary/aromatic N) is 1. The topological polar surface area (TPSA) is 75.7 Å². The number of hydrogen-bond donors (Lipinski definition) is 1. The van der Waals surface area contributed by atoms with Crippen LogP contribution >= 0.6 is 0 Å². The molecule has 0 atom stereocenters. The number of aryl methyl sites for hydroxylation is 3. The molecular formula is C23H30N2O4S. The maximum atomic E-state index is 12.4. The number of sulfonamides is 1. The zero-order valence-corrected chi connectivity index (χ0v) is 18.7. The van der Waals surface area contributed by atoms with Crippen molar-refractivity contribution in [2.24, 2.45) is 0 Å². The average molecular weight is 431 g/mol. The van der Waals surface area contributed by atoms with E-state index in [1.165, 1.54) is 0 Å². The van der Waals surface area contributed by atoms with Crippen LogP contribution in [0.3, 0.4) is 0 Å². The van der Waals surface area contributed by atoms with Gasteiger partial charge < -0.3 is 9.64 Å². The van der Waals surface area contributed by atoms with Gasteiger partial charge in [-0.1, -0.05) is 18.2 Å². The minimum atomic E-state index is -3.44. The molecule has 1 amide bonds. The monoisotopic (exact) mass is 430 g/mol. The van der Waals surface area contributed by atoms with E-state index in [1.807, 2.05) is 26.0 Å². The molecule has 1 saturated carbocycles. The second-order valence-corrected chi connectivity index (χ2v) is 9.74. The number of benzene rings is 2. The van der Waals surface area contributed by atoms with Gasteiger partial charge >= 0.3 is 0 Å². The Morgan fingerprint density at radius 3 is 2.33 bits per heavy atom. The number of amides is 1. The van der Waals surface area contributed by atoms with Gasteiger partial charge in [-0.15, -0.1) is 0 Å². The summed E-state index contributed by atoms with van der Waals surface area (Å²) in [5.74, 6) is 0.852. The van der Waals surface area contributed by atoms with E-state index in [2.05, 4.69) is 10.8 Å². The van der Waals surface area contributed by atoms with Gasteiger partial charge in [0.2, 0.25) is 15.9 Å². The molecule has 1 N–H and O–H groups in total. The molecule has 0 unspecified atom stereocenters. The molecule has 0 spiro atoms. The van der Waals surface area contributed by atoms with E-state index >= 15 is 0 Å². The van der Waals surface area contributed by atoms with E-state index in [0.29, 0.717) is 26.0 Å². The van der Waals surface area contributed by atoms with Gasteiger partial charge in [-0.05, 0) is 74.1 Å². The smallest absolute Gasteiger partial charge is 0.240 e. The zero-order chi connectivity index (χ0) is 21.7. The predicted molar refractivity (Wildman–Crippen MR) is 117 cm³/mol. The molecule has 0 radical (unpaired) electrons. The fraction of sp³-hybridized carbons (Fsp3) is 0.435. The van der Waals surface area contributed by atoms with Crippen LogP contribution in [0.5, 0.6) is 5.75 Å². The van der Waals surface area contributed by atoms with Crippen molar-refractivity contribution >= 4 is 15.9 Å². The summed E-state index contributed by atoms with van der Waals surface area (Å²) < 4.78 is 32.9. The third-order valence-electron chi connectivity index (χ3n) is 5.08. The number of nitrogens with one attached hydrogen (secondary N) is 1. The van der Waals surface area contributed by atoms with E-state index in [9.17, 15) is 13.2 Å². The van der Waals surface area contributed by atoms with Crippen molar-refractivity contribution in [3.63, 3.8) is 0 Å². The van der Waals surface area contributed by atoms with Gasteiger partial charge in [0.15, 0.2) is 0 Å². The molecule has 2 aromatic rings. The summed E-state index contributed by atoms with van der Waals surface area (Å²) in [7, 11) is -1.67. The molecule has 2 aromatic carbocycles. The Morgan fingerprint density at radius 1 is 1.10 bits per heavy atom. The molecule has 1 aliphatic carbocycles. The SMILES string of the molecule is Cc1cc(C)cc(OCCN(C)C(=O)CCc2ccc(S(=O)(=O)NC3CC3)cc2)c1. The van der Waals surface area contributed by atoms with E-state index in [-0.39, 0.29) is 16.8 Å². The molecule has 6 nitrogen and oxygen atoms in total. The Labute approximate surface area is 179 Å². The van der Waals surface area contributed by atoms with E-state index in [1.54, 1.807) is 36.2 Å². The minimum Gasteiger partial charge on any atom is -0.492 e. The summed E-state index contributed by atoms with van der Waals surface area (Å²) in [6, 6.07) is 12.9. The maximum absolute atomic E-state index is 12.4. The summed E-state index contributed by atoms with van der Waals surface area (Å²) in [6.45, 7) is 5.00. The second-order valence-electron chi connectivity index (χ2n) is 8.03. The first-order chi connectivity index (χ1) is 14.2. The highest BCUT2D eigenvalue weighted by Gasteiger charge is 2.27. The van der Waals surface area contributed by atoms with E-state index in [4.69, 9.17) is 4.74 Å². The number of ether oxygens (including phenoxy) is 1. The normalized spacial score (nSPS) is 13.8. The molecule has 0 aromatic heterocycles. The number of hydrogen-bond acceptors (Lipinski definition) is 4. The molecule has 3 rings (SSSR count). The van der Waals surface area contributed by atoms with Crippen LogP contribution in [-0.4, -0.2) is 45.5 Å². The lowest BCUT2D eigenvalue weighted by Gasteiger charge is -2.18. The van der Waals surface area contributed by atoms with Crippen molar-refractivity contribution in [3.8, 4) is 5.75 Å². The zero-order valence-electron chi connectivity index (χ0n) is 17.8. The summed E-state index contributed by atoms with van der Waals surface area (Å²) in [5.41, 5.74) is 3.24. The van der Waals surface area contributed by atoms with Crippen molar-refractivity contribution in [2.75, 3.05) is 20.2 Å². The first-order valence-electron chi connectivity index (χ1n) is 10.3. The Morgan fingerprint density at radius 2 is 1.73 bits per heavy atom. The Balaban J connectivity index is 1.43. The lowest BCUT2D eigenvalue weighted by molar-refractivity contribution is -0.130. The van der Waals surface area contributed by atoms with Crippen LogP contribution in [0, 0.1) is 13.8 Å². The molecule has 1 aliphatic rings. The lowest BCUT2D eigenvalue weighted by atomic mass is 10.1. The quantitative estimate of drug-likeness (QED) is 0.628. The van der Waals surface area contributed by atoms with Crippen LogP contribution in [0.15, 0.2) is 47.4 Å². The Kier molecular flexibility index (Phi) is 7.15. The third-order valence-corrected chi connectivity index (χ3v) is 6.61. The Bertz CT molecular complexity index is 963. The van der Waals surface area contributed by atoms with Gasteiger partial charge in [-0.25, -0.2) is 13.1 Å². The van der Waals surface area contributed by atoms with E-state index < -0.39 is 10.0 Å². The van der Waals surface area contributed by atoms with Gasteiger partial charge in [0.25, 0.3) is 0 Å².